The molecule has 0 radical (unpaired) electrons. The normalized spacial score (nSPS) is 14.9. The van der Waals surface area contributed by atoms with Crippen molar-refractivity contribution in [2.24, 2.45) is 0 Å². The second-order valence-corrected chi connectivity index (χ2v) is 4.31. The fourth-order valence-electron chi connectivity index (χ4n) is 2.00. The lowest BCUT2D eigenvalue weighted by atomic mass is 10.3. The molecule has 1 aromatic rings. The molecule has 0 aromatic carbocycles. The van der Waals surface area contributed by atoms with Crippen molar-refractivity contribution < 1.29 is 14.3 Å². The lowest BCUT2D eigenvalue weighted by Crippen LogP contribution is -2.38. The fraction of sp³-hybridized carbons (Fsp3) is 0.462. The molecule has 1 aliphatic rings. The summed E-state index contributed by atoms with van der Waals surface area (Å²) < 4.78 is 11.2. The number of pyridine rings is 1. The van der Waals surface area contributed by atoms with Crippen LogP contribution in [0.3, 0.4) is 0 Å². The van der Waals surface area contributed by atoms with E-state index < -0.39 is 5.97 Å². The van der Waals surface area contributed by atoms with E-state index in [4.69, 9.17) is 20.3 Å². The number of morpholine rings is 1. The number of anilines is 1. The predicted molar refractivity (Wildman–Crippen MR) is 73.1 cm³/mol. The number of rotatable bonds is 2. The van der Waals surface area contributed by atoms with Crippen LogP contribution in [0.2, 0.25) is 0 Å². The van der Waals surface area contributed by atoms with Gasteiger partial charge >= 0.3 is 5.97 Å². The van der Waals surface area contributed by atoms with Crippen LogP contribution in [0.15, 0.2) is 18.3 Å². The monoisotopic (exact) mass is 278 g/mol. The molecule has 2 rings (SSSR count). The standard InChI is InChI=1S/C13H18N4O3/c1-2-20-13(18)12(15)17-4-3-10(9-11(17)14)16-5-7-19-8-6-16/h3-4,9,14-15H,2,5-8H2,1H3. The number of carbonyl (C=O) groups excluding carboxylic acids is 1. The van der Waals surface area contributed by atoms with E-state index in [0.29, 0.717) is 13.2 Å². The van der Waals surface area contributed by atoms with Gasteiger partial charge in [0.05, 0.1) is 19.8 Å². The van der Waals surface area contributed by atoms with Crippen molar-refractivity contribution in [3.63, 3.8) is 0 Å². The summed E-state index contributed by atoms with van der Waals surface area (Å²) in [5.41, 5.74) is 0.971. The van der Waals surface area contributed by atoms with Crippen LogP contribution < -0.4 is 10.4 Å². The number of nitrogens with one attached hydrogen (secondary N) is 2. The molecule has 0 saturated carbocycles. The van der Waals surface area contributed by atoms with Crippen LogP contribution in [0.4, 0.5) is 5.69 Å². The SMILES string of the molecule is CCOC(=O)C(=N)n1ccc(N2CCOCC2)cc1=N. The van der Waals surface area contributed by atoms with E-state index in [1.807, 2.05) is 0 Å². The first-order valence-corrected chi connectivity index (χ1v) is 6.49. The molecule has 1 aliphatic heterocycles. The van der Waals surface area contributed by atoms with Crippen LogP contribution in [0, 0.1) is 10.8 Å². The first kappa shape index (κ1) is 14.3. The summed E-state index contributed by atoms with van der Waals surface area (Å²) in [5.74, 6) is -1.09. The average molecular weight is 278 g/mol. The fourth-order valence-corrected chi connectivity index (χ4v) is 2.00. The van der Waals surface area contributed by atoms with Crippen LogP contribution in [-0.2, 0) is 14.3 Å². The molecule has 0 spiro atoms. The number of hydrogen-bond acceptors (Lipinski definition) is 6. The highest BCUT2D eigenvalue weighted by molar-refractivity contribution is 6.34. The minimum Gasteiger partial charge on any atom is -0.460 e. The molecular formula is C13H18N4O3. The Hall–Kier alpha value is -2.15. The lowest BCUT2D eigenvalue weighted by Gasteiger charge is -2.29. The number of nitrogens with zero attached hydrogens (tertiary/aromatic N) is 2. The maximum Gasteiger partial charge on any atom is 0.374 e. The molecular weight excluding hydrogens is 260 g/mol. The van der Waals surface area contributed by atoms with Crippen molar-refractivity contribution in [2.75, 3.05) is 37.8 Å². The Morgan fingerprint density at radius 3 is 2.75 bits per heavy atom. The summed E-state index contributed by atoms with van der Waals surface area (Å²) in [6.45, 7) is 4.78. The van der Waals surface area contributed by atoms with Gasteiger partial charge in [-0.25, -0.2) is 4.79 Å². The molecule has 2 heterocycles. The molecule has 1 aromatic heterocycles. The quantitative estimate of drug-likeness (QED) is 0.459. The van der Waals surface area contributed by atoms with E-state index in [9.17, 15) is 4.79 Å². The summed E-state index contributed by atoms with van der Waals surface area (Å²) >= 11 is 0. The molecule has 2 N–H and O–H groups in total. The predicted octanol–water partition coefficient (Wildman–Crippen LogP) is 0.193. The van der Waals surface area contributed by atoms with E-state index in [1.165, 1.54) is 4.57 Å². The summed E-state index contributed by atoms with van der Waals surface area (Å²) in [5, 5.41) is 15.7. The van der Waals surface area contributed by atoms with Crippen LogP contribution >= 0.6 is 0 Å². The average Bonchev–Trinajstić information content (AvgIpc) is 2.47. The van der Waals surface area contributed by atoms with Crippen LogP contribution in [0.25, 0.3) is 0 Å². The Balaban J connectivity index is 2.19. The zero-order chi connectivity index (χ0) is 14.5. The highest BCUT2D eigenvalue weighted by Gasteiger charge is 2.15. The van der Waals surface area contributed by atoms with E-state index in [2.05, 4.69) is 4.90 Å². The molecule has 0 bridgehead atoms. The molecule has 7 heteroatoms. The zero-order valence-electron chi connectivity index (χ0n) is 11.4. The van der Waals surface area contributed by atoms with Gasteiger partial charge in [0, 0.05) is 31.0 Å². The second kappa shape index (κ2) is 6.33. The van der Waals surface area contributed by atoms with E-state index in [-0.39, 0.29) is 17.9 Å². The molecule has 0 aliphatic carbocycles. The van der Waals surface area contributed by atoms with Crippen molar-refractivity contribution >= 4 is 17.5 Å². The molecule has 20 heavy (non-hydrogen) atoms. The van der Waals surface area contributed by atoms with Crippen LogP contribution in [0.1, 0.15) is 6.92 Å². The van der Waals surface area contributed by atoms with Crippen molar-refractivity contribution in [1.82, 2.24) is 4.57 Å². The Morgan fingerprint density at radius 2 is 2.15 bits per heavy atom. The van der Waals surface area contributed by atoms with Gasteiger partial charge in [0.2, 0.25) is 5.84 Å². The van der Waals surface area contributed by atoms with Gasteiger partial charge in [-0.15, -0.1) is 0 Å². The summed E-state index contributed by atoms with van der Waals surface area (Å²) in [7, 11) is 0. The molecule has 108 valence electrons. The van der Waals surface area contributed by atoms with E-state index in [0.717, 1.165) is 18.8 Å². The topological polar surface area (TPSA) is 91.4 Å². The van der Waals surface area contributed by atoms with Crippen molar-refractivity contribution in [2.45, 2.75) is 6.92 Å². The summed E-state index contributed by atoms with van der Waals surface area (Å²) in [4.78, 5) is 13.6. The van der Waals surface area contributed by atoms with Gasteiger partial charge in [0.1, 0.15) is 5.49 Å². The van der Waals surface area contributed by atoms with Crippen molar-refractivity contribution in [3.05, 3.63) is 23.8 Å². The van der Waals surface area contributed by atoms with Gasteiger partial charge in [-0.3, -0.25) is 15.4 Å². The van der Waals surface area contributed by atoms with E-state index in [1.54, 1.807) is 25.3 Å². The highest BCUT2D eigenvalue weighted by atomic mass is 16.5. The summed E-state index contributed by atoms with van der Waals surface area (Å²) in [6, 6.07) is 3.43. The second-order valence-electron chi connectivity index (χ2n) is 4.31. The maximum atomic E-state index is 11.5. The highest BCUT2D eigenvalue weighted by Crippen LogP contribution is 2.12. The van der Waals surface area contributed by atoms with Crippen LogP contribution in [-0.4, -0.2) is 49.3 Å². The number of ether oxygens (including phenoxy) is 2. The Morgan fingerprint density at radius 1 is 1.45 bits per heavy atom. The molecule has 1 saturated heterocycles. The number of esters is 1. The van der Waals surface area contributed by atoms with Crippen molar-refractivity contribution in [1.29, 1.82) is 10.8 Å². The third-order valence-corrected chi connectivity index (χ3v) is 3.02. The maximum absolute atomic E-state index is 11.5. The third-order valence-electron chi connectivity index (χ3n) is 3.02. The number of carbonyl (C=O) groups is 1. The van der Waals surface area contributed by atoms with Gasteiger partial charge in [-0.1, -0.05) is 0 Å². The van der Waals surface area contributed by atoms with Gasteiger partial charge in [0.15, 0.2) is 0 Å². The molecule has 0 amide bonds. The Kier molecular flexibility index (Phi) is 4.52. The van der Waals surface area contributed by atoms with Crippen LogP contribution in [0.5, 0.6) is 0 Å². The smallest absolute Gasteiger partial charge is 0.374 e. The first-order chi connectivity index (χ1) is 9.63. The van der Waals surface area contributed by atoms with Crippen molar-refractivity contribution in [3.8, 4) is 0 Å². The number of aromatic nitrogens is 1. The zero-order valence-corrected chi connectivity index (χ0v) is 11.4. The first-order valence-electron chi connectivity index (χ1n) is 6.49. The lowest BCUT2D eigenvalue weighted by molar-refractivity contribution is -0.135. The molecule has 0 atom stereocenters. The minimum absolute atomic E-state index is 0.0760. The largest absolute Gasteiger partial charge is 0.460 e. The van der Waals surface area contributed by atoms with Gasteiger partial charge in [-0.2, -0.15) is 0 Å². The number of hydrogen-bond donors (Lipinski definition) is 2. The van der Waals surface area contributed by atoms with Gasteiger partial charge < -0.3 is 14.4 Å². The van der Waals surface area contributed by atoms with Gasteiger partial charge in [-0.05, 0) is 13.0 Å². The minimum atomic E-state index is -0.731. The van der Waals surface area contributed by atoms with E-state index >= 15 is 0 Å². The van der Waals surface area contributed by atoms with Gasteiger partial charge in [0.25, 0.3) is 0 Å². The third kappa shape index (κ3) is 3.05. The Labute approximate surface area is 116 Å². The molecule has 1 fully saturated rings. The molecule has 7 nitrogen and oxygen atoms in total. The molecule has 0 unspecified atom stereocenters. The Bertz CT molecular complexity index is 561. The summed E-state index contributed by atoms with van der Waals surface area (Å²) in [6.07, 6.45) is 1.55.